The third-order valence-corrected chi connectivity index (χ3v) is 3.77. The highest BCUT2D eigenvalue weighted by molar-refractivity contribution is 6.04. The molecule has 0 spiro atoms. The van der Waals surface area contributed by atoms with Crippen LogP contribution in [0.1, 0.15) is 27.2 Å². The van der Waals surface area contributed by atoms with Crippen molar-refractivity contribution in [2.24, 2.45) is 5.41 Å². The molecular formula is C14H23N3O4. The Morgan fingerprint density at radius 3 is 2.52 bits per heavy atom. The van der Waals surface area contributed by atoms with Crippen molar-refractivity contribution in [1.29, 1.82) is 0 Å². The number of aliphatic hydroxyl groups excluding tert-OH is 1. The zero-order chi connectivity index (χ0) is 15.8. The first kappa shape index (κ1) is 15.8. The molecule has 0 aromatic carbocycles. The van der Waals surface area contributed by atoms with Crippen molar-refractivity contribution in [2.45, 2.75) is 33.2 Å². The van der Waals surface area contributed by atoms with Crippen molar-refractivity contribution in [3.05, 3.63) is 0 Å². The van der Waals surface area contributed by atoms with Gasteiger partial charge in [0.2, 0.25) is 5.91 Å². The number of aliphatic hydroxyl groups is 1. The Morgan fingerprint density at radius 1 is 1.29 bits per heavy atom. The van der Waals surface area contributed by atoms with E-state index in [9.17, 15) is 14.4 Å². The van der Waals surface area contributed by atoms with Gasteiger partial charge >= 0.3 is 6.03 Å². The van der Waals surface area contributed by atoms with Gasteiger partial charge in [-0.05, 0) is 5.41 Å². The highest BCUT2D eigenvalue weighted by Crippen LogP contribution is 2.25. The van der Waals surface area contributed by atoms with Crippen molar-refractivity contribution >= 4 is 17.8 Å². The Bertz CT molecular complexity index is 458. The molecule has 4 amide bonds. The number of β-amino-alcohol motifs (C(OH)–C–C–N with tert-alkyl or cyclic N) is 1. The van der Waals surface area contributed by atoms with Crippen molar-refractivity contribution in [3.63, 3.8) is 0 Å². The lowest BCUT2D eigenvalue weighted by Gasteiger charge is -2.36. The average molecular weight is 297 g/mol. The lowest BCUT2D eigenvalue weighted by atomic mass is 9.91. The minimum absolute atomic E-state index is 0.0145. The van der Waals surface area contributed by atoms with E-state index in [2.05, 4.69) is 0 Å². The summed E-state index contributed by atoms with van der Waals surface area (Å²) in [5.74, 6) is -0.301. The van der Waals surface area contributed by atoms with Gasteiger partial charge in [0.05, 0.1) is 19.7 Å². The third kappa shape index (κ3) is 3.18. The first-order chi connectivity index (χ1) is 9.74. The number of urea groups is 1. The number of hydrogen-bond acceptors (Lipinski definition) is 4. The molecule has 0 bridgehead atoms. The maximum atomic E-state index is 12.3. The summed E-state index contributed by atoms with van der Waals surface area (Å²) in [5, 5.41) is 8.93. The third-order valence-electron chi connectivity index (χ3n) is 3.77. The number of imide groups is 1. The second kappa shape index (κ2) is 5.63. The van der Waals surface area contributed by atoms with Crippen molar-refractivity contribution < 1.29 is 19.5 Å². The number of amides is 4. The highest BCUT2D eigenvalue weighted by atomic mass is 16.3. The lowest BCUT2D eigenvalue weighted by molar-refractivity contribution is -0.137. The van der Waals surface area contributed by atoms with Crippen LogP contribution in [0.15, 0.2) is 0 Å². The van der Waals surface area contributed by atoms with Crippen LogP contribution in [0.3, 0.4) is 0 Å². The van der Waals surface area contributed by atoms with E-state index >= 15 is 0 Å². The van der Waals surface area contributed by atoms with E-state index in [1.54, 1.807) is 4.90 Å². The first-order valence-corrected chi connectivity index (χ1v) is 7.25. The minimum atomic E-state index is -0.596. The van der Waals surface area contributed by atoms with Crippen LogP contribution in [-0.2, 0) is 9.59 Å². The molecule has 2 aliphatic heterocycles. The van der Waals surface area contributed by atoms with Gasteiger partial charge in [0, 0.05) is 19.5 Å². The molecule has 2 rings (SSSR count). The number of carbonyl (C=O) groups is 3. The minimum Gasteiger partial charge on any atom is -0.395 e. The Balaban J connectivity index is 2.05. The molecule has 0 aromatic rings. The quantitative estimate of drug-likeness (QED) is 0.737. The molecule has 1 atom stereocenters. The van der Waals surface area contributed by atoms with Gasteiger partial charge in [-0.1, -0.05) is 20.8 Å². The highest BCUT2D eigenvalue weighted by Gasteiger charge is 2.48. The van der Waals surface area contributed by atoms with Gasteiger partial charge in [0.25, 0.3) is 5.91 Å². The molecule has 0 unspecified atom stereocenters. The molecule has 118 valence electrons. The Hall–Kier alpha value is -1.63. The molecule has 0 aromatic heterocycles. The Kier molecular flexibility index (Phi) is 4.22. The molecule has 2 saturated heterocycles. The summed E-state index contributed by atoms with van der Waals surface area (Å²) >= 11 is 0. The molecule has 0 saturated carbocycles. The number of fused-ring (bicyclic) bond motifs is 1. The van der Waals surface area contributed by atoms with E-state index in [0.29, 0.717) is 19.5 Å². The Labute approximate surface area is 124 Å². The van der Waals surface area contributed by atoms with Crippen LogP contribution in [0.25, 0.3) is 0 Å². The van der Waals surface area contributed by atoms with E-state index < -0.39 is 6.04 Å². The van der Waals surface area contributed by atoms with Crippen molar-refractivity contribution in [3.8, 4) is 0 Å². The number of carbonyl (C=O) groups excluding carboxylic acids is 3. The summed E-state index contributed by atoms with van der Waals surface area (Å²) in [6, 6.07) is -0.955. The molecule has 1 N–H and O–H groups in total. The van der Waals surface area contributed by atoms with Crippen LogP contribution in [0.5, 0.6) is 0 Å². The molecule has 2 heterocycles. The SMILES string of the molecule is CC(C)(C)CC(=O)N1CCN2C(=O)N(CCO)C(=O)[C@H]2C1. The second-order valence-electron chi connectivity index (χ2n) is 6.78. The van der Waals surface area contributed by atoms with E-state index in [-0.39, 0.29) is 43.0 Å². The molecule has 0 aliphatic carbocycles. The van der Waals surface area contributed by atoms with Gasteiger partial charge in [0.1, 0.15) is 6.04 Å². The monoisotopic (exact) mass is 297 g/mol. The Morgan fingerprint density at radius 2 is 1.95 bits per heavy atom. The summed E-state index contributed by atoms with van der Waals surface area (Å²) in [5.41, 5.74) is -0.105. The first-order valence-electron chi connectivity index (χ1n) is 7.25. The predicted molar refractivity (Wildman–Crippen MR) is 75.3 cm³/mol. The van der Waals surface area contributed by atoms with E-state index in [1.807, 2.05) is 20.8 Å². The molecule has 7 heteroatoms. The van der Waals surface area contributed by atoms with Crippen LogP contribution in [0.2, 0.25) is 0 Å². The maximum Gasteiger partial charge on any atom is 0.327 e. The fraction of sp³-hybridized carbons (Fsp3) is 0.786. The number of rotatable bonds is 3. The fourth-order valence-electron chi connectivity index (χ4n) is 2.75. The summed E-state index contributed by atoms with van der Waals surface area (Å²) in [7, 11) is 0. The van der Waals surface area contributed by atoms with Crippen molar-refractivity contribution in [2.75, 3.05) is 32.8 Å². The predicted octanol–water partition coefficient (Wildman–Crippen LogP) is -0.110. The summed E-state index contributed by atoms with van der Waals surface area (Å²) < 4.78 is 0. The van der Waals surface area contributed by atoms with Gasteiger partial charge in [0.15, 0.2) is 0 Å². The van der Waals surface area contributed by atoms with Gasteiger partial charge in [-0.2, -0.15) is 0 Å². The number of piperazine rings is 1. The topological polar surface area (TPSA) is 81.2 Å². The van der Waals surface area contributed by atoms with Gasteiger partial charge < -0.3 is 14.9 Å². The van der Waals surface area contributed by atoms with Gasteiger partial charge in [-0.3, -0.25) is 14.5 Å². The largest absolute Gasteiger partial charge is 0.395 e. The molecule has 2 fully saturated rings. The average Bonchev–Trinajstić information content (AvgIpc) is 2.62. The standard InChI is InChI=1S/C14H23N3O4/c1-14(2,3)8-11(19)15-4-5-16-10(9-15)12(20)17(6-7-18)13(16)21/h10,18H,4-9H2,1-3H3/t10-/m1/s1. The van der Waals surface area contributed by atoms with Gasteiger partial charge in [-0.25, -0.2) is 4.79 Å². The summed E-state index contributed by atoms with van der Waals surface area (Å²) in [6.45, 7) is 6.83. The van der Waals surface area contributed by atoms with E-state index in [0.717, 1.165) is 4.90 Å². The second-order valence-corrected chi connectivity index (χ2v) is 6.78. The van der Waals surface area contributed by atoms with Crippen LogP contribution in [-0.4, -0.2) is 76.5 Å². The normalized spacial score (nSPS) is 22.9. The van der Waals surface area contributed by atoms with E-state index in [4.69, 9.17) is 5.11 Å². The molecular weight excluding hydrogens is 274 g/mol. The number of nitrogens with zero attached hydrogens (tertiary/aromatic N) is 3. The zero-order valence-corrected chi connectivity index (χ0v) is 12.8. The van der Waals surface area contributed by atoms with Gasteiger partial charge in [-0.15, -0.1) is 0 Å². The summed E-state index contributed by atoms with van der Waals surface area (Å²) in [6.07, 6.45) is 0.419. The lowest BCUT2D eigenvalue weighted by Crippen LogP contribution is -2.55. The zero-order valence-electron chi connectivity index (χ0n) is 12.8. The van der Waals surface area contributed by atoms with Crippen molar-refractivity contribution in [1.82, 2.24) is 14.7 Å². The summed E-state index contributed by atoms with van der Waals surface area (Å²) in [4.78, 5) is 40.8. The van der Waals surface area contributed by atoms with E-state index in [1.165, 1.54) is 4.90 Å². The molecule has 7 nitrogen and oxygen atoms in total. The number of hydrogen-bond donors (Lipinski definition) is 1. The van der Waals surface area contributed by atoms with Crippen LogP contribution in [0.4, 0.5) is 4.79 Å². The van der Waals surface area contributed by atoms with Crippen LogP contribution < -0.4 is 0 Å². The van der Waals surface area contributed by atoms with Crippen LogP contribution in [0, 0.1) is 5.41 Å². The molecule has 0 radical (unpaired) electrons. The molecule has 21 heavy (non-hydrogen) atoms. The smallest absolute Gasteiger partial charge is 0.327 e. The fourth-order valence-corrected chi connectivity index (χ4v) is 2.75. The van der Waals surface area contributed by atoms with Crippen LogP contribution >= 0.6 is 0 Å². The maximum absolute atomic E-state index is 12.3. The molecule has 2 aliphatic rings.